The van der Waals surface area contributed by atoms with Gasteiger partial charge in [0.15, 0.2) is 0 Å². The van der Waals surface area contributed by atoms with Gasteiger partial charge in [0.05, 0.1) is 6.42 Å². The Morgan fingerprint density at radius 1 is 1.00 bits per heavy atom. The molecule has 0 unspecified atom stereocenters. The van der Waals surface area contributed by atoms with Crippen molar-refractivity contribution in [2.45, 2.75) is 6.42 Å². The summed E-state index contributed by atoms with van der Waals surface area (Å²) >= 11 is 6.23. The molecule has 1 aromatic heterocycles. The number of aromatic amines is 1. The Labute approximate surface area is 171 Å². The first-order valence-electron chi connectivity index (χ1n) is 9.00. The van der Waals surface area contributed by atoms with Gasteiger partial charge in [-0.05, 0) is 41.5 Å². The second-order valence-corrected chi connectivity index (χ2v) is 7.09. The first kappa shape index (κ1) is 18.8. The first-order chi connectivity index (χ1) is 14.0. The van der Waals surface area contributed by atoms with Gasteiger partial charge in [-0.2, -0.15) is 0 Å². The molecule has 0 amide bonds. The molecule has 0 atom stereocenters. The van der Waals surface area contributed by atoms with Crippen molar-refractivity contribution in [1.82, 2.24) is 4.98 Å². The van der Waals surface area contributed by atoms with Crippen LogP contribution >= 0.6 is 11.6 Å². The van der Waals surface area contributed by atoms with E-state index in [9.17, 15) is 9.59 Å². The van der Waals surface area contributed by atoms with Crippen LogP contribution in [0, 0.1) is 0 Å². The summed E-state index contributed by atoms with van der Waals surface area (Å²) in [7, 11) is 0. The Morgan fingerprint density at radius 3 is 2.41 bits per heavy atom. The second kappa shape index (κ2) is 7.81. The highest BCUT2D eigenvalue weighted by Crippen LogP contribution is 2.35. The van der Waals surface area contributed by atoms with E-state index in [1.54, 1.807) is 36.4 Å². The minimum Gasteiger partial charge on any atom is -0.481 e. The second-order valence-electron chi connectivity index (χ2n) is 6.65. The number of hydrogen-bond acceptors (Lipinski definition) is 3. The molecular formula is C23H17ClN2O3. The molecule has 144 valence electrons. The molecular weight excluding hydrogens is 388 g/mol. The van der Waals surface area contributed by atoms with Crippen LogP contribution in [-0.2, 0) is 11.2 Å². The summed E-state index contributed by atoms with van der Waals surface area (Å²) in [5, 5.41) is 13.5. The molecule has 0 aliphatic carbocycles. The number of H-pyrrole nitrogens is 1. The summed E-state index contributed by atoms with van der Waals surface area (Å²) < 4.78 is 0. The van der Waals surface area contributed by atoms with Gasteiger partial charge in [0.1, 0.15) is 5.69 Å². The van der Waals surface area contributed by atoms with E-state index in [2.05, 4.69) is 10.3 Å². The van der Waals surface area contributed by atoms with Gasteiger partial charge in [-0.1, -0.05) is 54.1 Å². The standard InChI is InChI=1S/C23H17ClN2O3/c24-16-8-11-19-18(13-16)21(15-4-2-1-3-5-15)22(23(29)26-19)25-17-9-6-14(7-10-17)12-20(27)28/h1-11,13,25H,12H2,(H,26,29)(H,27,28). The number of benzene rings is 3. The van der Waals surface area contributed by atoms with Crippen molar-refractivity contribution in [1.29, 1.82) is 0 Å². The van der Waals surface area contributed by atoms with E-state index in [4.69, 9.17) is 16.7 Å². The summed E-state index contributed by atoms with van der Waals surface area (Å²) in [5.41, 5.74) is 3.84. The zero-order valence-corrected chi connectivity index (χ0v) is 16.0. The van der Waals surface area contributed by atoms with E-state index in [0.29, 0.717) is 27.5 Å². The van der Waals surface area contributed by atoms with E-state index >= 15 is 0 Å². The van der Waals surface area contributed by atoms with Crippen molar-refractivity contribution >= 4 is 39.8 Å². The maximum atomic E-state index is 12.9. The molecule has 3 N–H and O–H groups in total. The highest BCUT2D eigenvalue weighted by molar-refractivity contribution is 6.31. The lowest BCUT2D eigenvalue weighted by atomic mass is 9.99. The number of aliphatic carboxylic acids is 1. The van der Waals surface area contributed by atoms with Gasteiger partial charge < -0.3 is 15.4 Å². The monoisotopic (exact) mass is 404 g/mol. The molecule has 0 aliphatic heterocycles. The fourth-order valence-corrected chi connectivity index (χ4v) is 3.49. The molecule has 0 bridgehead atoms. The van der Waals surface area contributed by atoms with Crippen molar-refractivity contribution < 1.29 is 9.90 Å². The number of carbonyl (C=O) groups is 1. The predicted molar refractivity (Wildman–Crippen MR) is 116 cm³/mol. The summed E-state index contributed by atoms with van der Waals surface area (Å²) in [5.74, 6) is -0.889. The van der Waals surface area contributed by atoms with E-state index < -0.39 is 5.97 Å². The lowest BCUT2D eigenvalue weighted by molar-refractivity contribution is -0.136. The minimum atomic E-state index is -0.889. The van der Waals surface area contributed by atoms with Crippen molar-refractivity contribution in [2.24, 2.45) is 0 Å². The molecule has 1 heterocycles. The first-order valence-corrected chi connectivity index (χ1v) is 9.38. The fraction of sp³-hybridized carbons (Fsp3) is 0.0435. The number of hydrogen-bond donors (Lipinski definition) is 3. The van der Waals surface area contributed by atoms with Crippen LogP contribution in [-0.4, -0.2) is 16.1 Å². The van der Waals surface area contributed by atoms with Crippen LogP contribution in [0.25, 0.3) is 22.0 Å². The maximum absolute atomic E-state index is 12.9. The Bertz CT molecular complexity index is 1250. The van der Waals surface area contributed by atoms with Crippen molar-refractivity contribution in [3.8, 4) is 11.1 Å². The predicted octanol–water partition coefficient (Wildman–Crippen LogP) is 5.22. The molecule has 5 nitrogen and oxygen atoms in total. The molecule has 29 heavy (non-hydrogen) atoms. The van der Waals surface area contributed by atoms with Gasteiger partial charge >= 0.3 is 5.97 Å². The molecule has 0 fully saturated rings. The zero-order chi connectivity index (χ0) is 20.4. The Kier molecular flexibility index (Phi) is 5.06. The quantitative estimate of drug-likeness (QED) is 0.426. The molecule has 0 spiro atoms. The molecule has 0 radical (unpaired) electrons. The number of rotatable bonds is 5. The average molecular weight is 405 g/mol. The number of carboxylic acid groups (broad SMARTS) is 1. The van der Waals surface area contributed by atoms with Crippen molar-refractivity contribution in [3.05, 3.63) is 93.7 Å². The lowest BCUT2D eigenvalue weighted by Gasteiger charge is -2.15. The number of pyridine rings is 1. The van der Waals surface area contributed by atoms with E-state index in [1.807, 2.05) is 36.4 Å². The van der Waals surface area contributed by atoms with Gasteiger partial charge in [0.2, 0.25) is 0 Å². The van der Waals surface area contributed by atoms with Crippen molar-refractivity contribution in [2.75, 3.05) is 5.32 Å². The Hall–Kier alpha value is -3.57. The van der Waals surface area contributed by atoms with Crippen LogP contribution in [0.3, 0.4) is 0 Å². The lowest BCUT2D eigenvalue weighted by Crippen LogP contribution is -2.13. The van der Waals surface area contributed by atoms with Gasteiger partial charge in [0, 0.05) is 27.2 Å². The summed E-state index contributed by atoms with van der Waals surface area (Å²) in [6, 6.07) is 22.0. The molecule has 4 rings (SSSR count). The topological polar surface area (TPSA) is 82.2 Å². The Morgan fingerprint density at radius 2 is 1.72 bits per heavy atom. The van der Waals surface area contributed by atoms with Crippen LogP contribution in [0.2, 0.25) is 5.02 Å². The number of halogens is 1. The van der Waals surface area contributed by atoms with E-state index in [-0.39, 0.29) is 12.0 Å². The van der Waals surface area contributed by atoms with Gasteiger partial charge in [0.25, 0.3) is 5.56 Å². The van der Waals surface area contributed by atoms with Gasteiger partial charge in [-0.3, -0.25) is 9.59 Å². The van der Waals surface area contributed by atoms with E-state index in [0.717, 1.165) is 16.5 Å². The highest BCUT2D eigenvalue weighted by atomic mass is 35.5. The fourth-order valence-electron chi connectivity index (χ4n) is 3.31. The van der Waals surface area contributed by atoms with Crippen LogP contribution in [0.15, 0.2) is 77.6 Å². The normalized spacial score (nSPS) is 10.8. The number of nitrogens with one attached hydrogen (secondary N) is 2. The third-order valence-corrected chi connectivity index (χ3v) is 4.85. The van der Waals surface area contributed by atoms with Gasteiger partial charge in [-0.15, -0.1) is 0 Å². The number of anilines is 2. The number of fused-ring (bicyclic) bond motifs is 1. The van der Waals surface area contributed by atoms with Gasteiger partial charge in [-0.25, -0.2) is 0 Å². The van der Waals surface area contributed by atoms with Crippen LogP contribution < -0.4 is 10.9 Å². The third-order valence-electron chi connectivity index (χ3n) is 4.62. The molecule has 6 heteroatoms. The summed E-state index contributed by atoms with van der Waals surface area (Å²) in [4.78, 5) is 26.7. The molecule has 0 saturated carbocycles. The minimum absolute atomic E-state index is 0.0510. The number of aromatic nitrogens is 1. The number of carboxylic acids is 1. The molecule has 0 saturated heterocycles. The smallest absolute Gasteiger partial charge is 0.307 e. The van der Waals surface area contributed by atoms with Crippen molar-refractivity contribution in [3.63, 3.8) is 0 Å². The molecule has 0 aliphatic rings. The Balaban J connectivity index is 1.86. The summed E-state index contributed by atoms with van der Waals surface area (Å²) in [6.07, 6.45) is -0.0510. The molecule has 3 aromatic carbocycles. The molecule has 4 aromatic rings. The SMILES string of the molecule is O=C(O)Cc1ccc(Nc2c(-c3ccccc3)c3cc(Cl)ccc3[nH]c2=O)cc1. The highest BCUT2D eigenvalue weighted by Gasteiger charge is 2.15. The summed E-state index contributed by atoms with van der Waals surface area (Å²) in [6.45, 7) is 0. The third kappa shape index (κ3) is 4.00. The van der Waals surface area contributed by atoms with E-state index in [1.165, 1.54) is 0 Å². The van der Waals surface area contributed by atoms with Crippen LogP contribution in [0.4, 0.5) is 11.4 Å². The average Bonchev–Trinajstić information content (AvgIpc) is 2.70. The maximum Gasteiger partial charge on any atom is 0.307 e. The van der Waals surface area contributed by atoms with Crippen LogP contribution in [0.1, 0.15) is 5.56 Å². The largest absolute Gasteiger partial charge is 0.481 e. The zero-order valence-electron chi connectivity index (χ0n) is 15.3. The van der Waals surface area contributed by atoms with Crippen LogP contribution in [0.5, 0.6) is 0 Å².